The Kier molecular flexibility index (Phi) is 7.06. The minimum Gasteiger partial charge on any atom is -0.493 e. The molecule has 1 fully saturated rings. The number of hydrogen-bond acceptors (Lipinski definition) is 6. The first-order valence-electron chi connectivity index (χ1n) is 12.2. The molecular formula is C28H27ClN4O4. The largest absolute Gasteiger partial charge is 0.493 e. The van der Waals surface area contributed by atoms with E-state index in [-0.39, 0.29) is 17.7 Å². The molecule has 8 nitrogen and oxygen atoms in total. The molecule has 1 amide bonds. The summed E-state index contributed by atoms with van der Waals surface area (Å²) in [6.07, 6.45) is 6.22. The van der Waals surface area contributed by atoms with Crippen LogP contribution in [0.25, 0.3) is 11.3 Å². The van der Waals surface area contributed by atoms with E-state index in [1.165, 1.54) is 0 Å². The highest BCUT2D eigenvalue weighted by atomic mass is 35.5. The Labute approximate surface area is 220 Å². The third-order valence-electron chi connectivity index (χ3n) is 6.74. The molecule has 5 rings (SSSR count). The Morgan fingerprint density at radius 1 is 1.32 bits per heavy atom. The fraction of sp³-hybridized carbons (Fsp3) is 0.321. The van der Waals surface area contributed by atoms with Crippen LogP contribution in [-0.4, -0.2) is 52.9 Å². The zero-order valence-electron chi connectivity index (χ0n) is 20.7. The van der Waals surface area contributed by atoms with Crippen molar-refractivity contribution in [2.75, 3.05) is 25.6 Å². The summed E-state index contributed by atoms with van der Waals surface area (Å²) in [5.41, 5.74) is 4.29. The molecule has 9 heteroatoms. The van der Waals surface area contributed by atoms with Crippen LogP contribution in [0.15, 0.2) is 36.7 Å². The number of likely N-dealkylation sites (tertiary alicyclic amines) is 1. The maximum atomic E-state index is 13.1. The number of carbonyl (C=O) groups excluding carboxylic acids is 2. The van der Waals surface area contributed by atoms with Crippen molar-refractivity contribution in [3.05, 3.63) is 52.9 Å². The predicted octanol–water partition coefficient (Wildman–Crippen LogP) is 5.00. The number of nitrogens with zero attached hydrogens (tertiary/aromatic N) is 2. The Morgan fingerprint density at radius 2 is 2.19 bits per heavy atom. The lowest BCUT2D eigenvalue weighted by molar-refractivity contribution is -0.133. The van der Waals surface area contributed by atoms with E-state index in [2.05, 4.69) is 27.1 Å². The fourth-order valence-electron chi connectivity index (χ4n) is 4.82. The number of anilines is 2. The van der Waals surface area contributed by atoms with Gasteiger partial charge in [-0.05, 0) is 50.3 Å². The van der Waals surface area contributed by atoms with Crippen LogP contribution in [0.4, 0.5) is 11.4 Å². The highest BCUT2D eigenvalue weighted by molar-refractivity contribution is 6.32. The van der Waals surface area contributed by atoms with E-state index >= 15 is 0 Å². The van der Waals surface area contributed by atoms with Crippen molar-refractivity contribution in [2.24, 2.45) is 0 Å². The first-order chi connectivity index (χ1) is 18.0. The maximum Gasteiger partial charge on any atom is 0.298 e. The molecule has 2 aliphatic rings. The number of rotatable bonds is 7. The lowest BCUT2D eigenvalue weighted by Crippen LogP contribution is -2.53. The van der Waals surface area contributed by atoms with Crippen molar-refractivity contribution in [3.63, 3.8) is 0 Å². The van der Waals surface area contributed by atoms with E-state index in [1.54, 1.807) is 37.4 Å². The van der Waals surface area contributed by atoms with Gasteiger partial charge in [-0.25, -0.2) is 0 Å². The van der Waals surface area contributed by atoms with Gasteiger partial charge in [0.1, 0.15) is 12.4 Å². The fourth-order valence-corrected chi connectivity index (χ4v) is 5.07. The minimum atomic E-state index is -0.189. The number of carbonyl (C=O) groups is 2. The van der Waals surface area contributed by atoms with Gasteiger partial charge < -0.3 is 24.7 Å². The SMILES string of the molecule is CC#CC(=O)N1CC[C@H]1COc1cnccc1-c1[nH]c2c(c1Nc1cccc(Cl)c1OC)C(=O)CCC2. The molecule has 0 spiro atoms. The number of pyridine rings is 1. The number of aromatic amines is 1. The number of amides is 1. The molecule has 1 atom stereocenters. The van der Waals surface area contributed by atoms with Gasteiger partial charge in [-0.3, -0.25) is 14.6 Å². The number of hydrogen-bond donors (Lipinski definition) is 2. The third-order valence-corrected chi connectivity index (χ3v) is 7.04. The summed E-state index contributed by atoms with van der Waals surface area (Å²) in [7, 11) is 1.56. The molecule has 2 aromatic heterocycles. The zero-order valence-corrected chi connectivity index (χ0v) is 21.4. The average molecular weight is 519 g/mol. The Hall–Kier alpha value is -3.96. The summed E-state index contributed by atoms with van der Waals surface area (Å²) in [4.78, 5) is 34.7. The van der Waals surface area contributed by atoms with E-state index in [0.717, 1.165) is 36.2 Å². The lowest BCUT2D eigenvalue weighted by atomic mass is 9.95. The van der Waals surface area contributed by atoms with Crippen LogP contribution in [0.5, 0.6) is 11.5 Å². The van der Waals surface area contributed by atoms with Crippen molar-refractivity contribution in [1.82, 2.24) is 14.9 Å². The van der Waals surface area contributed by atoms with Gasteiger partial charge in [0.05, 0.1) is 47.0 Å². The highest BCUT2D eigenvalue weighted by Gasteiger charge is 2.33. The molecule has 1 aliphatic heterocycles. The number of methoxy groups -OCH3 is 1. The summed E-state index contributed by atoms with van der Waals surface area (Å²) in [5.74, 6) is 6.18. The van der Waals surface area contributed by atoms with Gasteiger partial charge in [0, 0.05) is 30.4 Å². The highest BCUT2D eigenvalue weighted by Crippen LogP contribution is 2.44. The van der Waals surface area contributed by atoms with Crippen LogP contribution in [-0.2, 0) is 11.2 Å². The molecule has 1 aromatic carbocycles. The summed E-state index contributed by atoms with van der Waals surface area (Å²) in [6, 6.07) is 7.23. The molecule has 3 heterocycles. The lowest BCUT2D eigenvalue weighted by Gasteiger charge is -2.39. The van der Waals surface area contributed by atoms with Crippen LogP contribution in [0.3, 0.4) is 0 Å². The van der Waals surface area contributed by atoms with Crippen molar-refractivity contribution in [3.8, 4) is 34.6 Å². The molecule has 0 saturated carbocycles. The number of ketones is 1. The number of nitrogens with one attached hydrogen (secondary N) is 2. The first-order valence-corrected chi connectivity index (χ1v) is 12.6. The molecule has 0 unspecified atom stereocenters. The smallest absolute Gasteiger partial charge is 0.298 e. The summed E-state index contributed by atoms with van der Waals surface area (Å²) in [5, 5.41) is 3.88. The van der Waals surface area contributed by atoms with Gasteiger partial charge in [0.25, 0.3) is 5.91 Å². The second-order valence-corrected chi connectivity index (χ2v) is 9.36. The van der Waals surface area contributed by atoms with E-state index in [9.17, 15) is 9.59 Å². The standard InChI is InChI=1S/C28H27ClN4O4/c1-3-6-24(35)33-14-12-17(33)16-37-23-15-30-13-11-18(23)26-27(25-20(31-26)8-5-10-22(25)34)32-21-9-4-7-19(29)28(21)36-2/h4,7,9,11,13,15,17,31-32H,5,8,10,12,14,16H2,1-2H3/t17-/m0/s1. The summed E-state index contributed by atoms with van der Waals surface area (Å²) >= 11 is 6.36. The number of Topliss-reactive ketones (excluding diaryl/α,β-unsaturated/α-hetero) is 1. The maximum absolute atomic E-state index is 13.1. The van der Waals surface area contributed by atoms with E-state index in [1.807, 2.05) is 18.2 Å². The number of halogens is 1. The number of aromatic nitrogens is 2. The molecule has 0 bridgehead atoms. The minimum absolute atomic E-state index is 0.0480. The van der Waals surface area contributed by atoms with E-state index in [0.29, 0.717) is 53.0 Å². The van der Waals surface area contributed by atoms with Gasteiger partial charge in [-0.1, -0.05) is 23.6 Å². The number of fused-ring (bicyclic) bond motifs is 1. The predicted molar refractivity (Wildman–Crippen MR) is 142 cm³/mol. The first kappa shape index (κ1) is 24.7. The van der Waals surface area contributed by atoms with Gasteiger partial charge in [-0.15, -0.1) is 0 Å². The van der Waals surface area contributed by atoms with Gasteiger partial charge in [0.2, 0.25) is 0 Å². The number of ether oxygens (including phenoxy) is 2. The molecule has 0 radical (unpaired) electrons. The van der Waals surface area contributed by atoms with E-state index < -0.39 is 0 Å². The van der Waals surface area contributed by atoms with Gasteiger partial charge in [-0.2, -0.15) is 0 Å². The van der Waals surface area contributed by atoms with Crippen LogP contribution in [0.2, 0.25) is 5.02 Å². The second-order valence-electron chi connectivity index (χ2n) is 8.95. The molecular weight excluding hydrogens is 492 g/mol. The Balaban J connectivity index is 1.51. The third kappa shape index (κ3) is 4.75. The number of benzene rings is 1. The molecule has 190 valence electrons. The van der Waals surface area contributed by atoms with Crippen LogP contribution in [0.1, 0.15) is 42.2 Å². The van der Waals surface area contributed by atoms with Crippen molar-refractivity contribution in [2.45, 2.75) is 38.6 Å². The average Bonchev–Trinajstić information content (AvgIpc) is 3.23. The monoisotopic (exact) mass is 518 g/mol. The topological polar surface area (TPSA) is 96.6 Å². The van der Waals surface area contributed by atoms with Crippen LogP contribution >= 0.6 is 11.6 Å². The van der Waals surface area contributed by atoms with Crippen LogP contribution in [0, 0.1) is 11.8 Å². The number of aryl methyl sites for hydroxylation is 1. The van der Waals surface area contributed by atoms with Gasteiger partial charge >= 0.3 is 0 Å². The van der Waals surface area contributed by atoms with Gasteiger partial charge in [0.15, 0.2) is 11.5 Å². The zero-order chi connectivity index (χ0) is 25.9. The molecule has 1 saturated heterocycles. The quantitative estimate of drug-likeness (QED) is 0.427. The Bertz CT molecular complexity index is 1420. The molecule has 1 aliphatic carbocycles. The molecule has 3 aromatic rings. The van der Waals surface area contributed by atoms with Crippen molar-refractivity contribution in [1.29, 1.82) is 0 Å². The normalized spacial score (nSPS) is 16.2. The summed E-state index contributed by atoms with van der Waals surface area (Å²) in [6.45, 7) is 2.64. The van der Waals surface area contributed by atoms with Crippen molar-refractivity contribution < 1.29 is 19.1 Å². The Morgan fingerprint density at radius 3 is 2.95 bits per heavy atom. The second kappa shape index (κ2) is 10.6. The molecule has 37 heavy (non-hydrogen) atoms. The number of H-pyrrole nitrogens is 1. The molecule has 2 N–H and O–H groups in total. The van der Waals surface area contributed by atoms with Crippen LogP contribution < -0.4 is 14.8 Å². The summed E-state index contributed by atoms with van der Waals surface area (Å²) < 4.78 is 11.7. The number of para-hydroxylation sites is 1. The van der Waals surface area contributed by atoms with Crippen molar-refractivity contribution >= 4 is 34.7 Å². The van der Waals surface area contributed by atoms with E-state index in [4.69, 9.17) is 21.1 Å².